The zero-order chi connectivity index (χ0) is 17.3. The molecule has 0 spiro atoms. The van der Waals surface area contributed by atoms with Crippen LogP contribution in [0.15, 0.2) is 42.5 Å². The van der Waals surface area contributed by atoms with Gasteiger partial charge in [0.1, 0.15) is 5.39 Å². The quantitative estimate of drug-likeness (QED) is 0.332. The first-order valence-corrected chi connectivity index (χ1v) is 7.91. The minimum absolute atomic E-state index is 0.0683. The molecule has 0 radical (unpaired) electrons. The molecule has 1 unspecified atom stereocenters. The van der Waals surface area contributed by atoms with Gasteiger partial charge in [0.25, 0.3) is 5.69 Å². The van der Waals surface area contributed by atoms with Gasteiger partial charge in [-0.3, -0.25) is 15.0 Å². The molecule has 3 rings (SSSR count). The van der Waals surface area contributed by atoms with Crippen LogP contribution in [-0.2, 0) is 0 Å². The van der Waals surface area contributed by atoms with Crippen LogP contribution in [0.1, 0.15) is 13.3 Å². The van der Waals surface area contributed by atoms with Gasteiger partial charge in [-0.05, 0) is 32.6 Å². The first-order valence-electron chi connectivity index (χ1n) is 7.91. The molecule has 3 aromatic rings. The van der Waals surface area contributed by atoms with Gasteiger partial charge in [0.05, 0.1) is 27.8 Å². The zero-order valence-corrected chi connectivity index (χ0v) is 14.0. The van der Waals surface area contributed by atoms with E-state index in [0.717, 1.165) is 23.0 Å². The number of hydrogen-bond donors (Lipinski definition) is 1. The molecule has 6 nitrogen and oxygen atoms in total. The highest BCUT2D eigenvalue weighted by Gasteiger charge is 2.21. The van der Waals surface area contributed by atoms with E-state index in [4.69, 9.17) is 0 Å². The van der Waals surface area contributed by atoms with E-state index in [1.54, 1.807) is 6.07 Å². The number of nitro benzene ring substituents is 1. The largest absolute Gasteiger partial charge is 0.368 e. The maximum atomic E-state index is 11.5. The normalized spacial score (nSPS) is 12.7. The maximum absolute atomic E-state index is 11.5. The minimum Gasteiger partial charge on any atom is -0.368 e. The lowest BCUT2D eigenvalue weighted by Gasteiger charge is -2.26. The Balaban J connectivity index is 2.37. The highest BCUT2D eigenvalue weighted by molar-refractivity contribution is 6.11. The number of para-hydroxylation sites is 1. The number of anilines is 1. The summed E-state index contributed by atoms with van der Waals surface area (Å²) in [4.78, 5) is 17.9. The smallest absolute Gasteiger partial charge is 0.280 e. The first kappa shape index (κ1) is 16.1. The molecule has 0 amide bonds. The Kier molecular flexibility index (Phi) is 4.31. The van der Waals surface area contributed by atoms with Gasteiger partial charge in [-0.15, -0.1) is 0 Å². The number of pyridine rings is 1. The summed E-state index contributed by atoms with van der Waals surface area (Å²) in [6, 6.07) is 12.7. The molecule has 0 aliphatic rings. The van der Waals surface area contributed by atoms with Gasteiger partial charge in [0, 0.05) is 11.5 Å². The number of nitrogens with one attached hydrogen (secondary N) is 1. The molecule has 1 aromatic heterocycles. The van der Waals surface area contributed by atoms with Crippen molar-refractivity contribution in [3.8, 4) is 0 Å². The van der Waals surface area contributed by atoms with Crippen LogP contribution in [0.25, 0.3) is 21.8 Å². The van der Waals surface area contributed by atoms with Gasteiger partial charge >= 0.3 is 0 Å². The molecule has 0 fully saturated rings. The average Bonchev–Trinajstić information content (AvgIpc) is 2.57. The van der Waals surface area contributed by atoms with Crippen molar-refractivity contribution in [2.45, 2.75) is 19.5 Å². The molecule has 0 aliphatic heterocycles. The van der Waals surface area contributed by atoms with E-state index in [1.165, 1.54) is 6.07 Å². The van der Waals surface area contributed by atoms with Gasteiger partial charge in [-0.1, -0.05) is 31.2 Å². The molecular formula is C18H20N4O2. The van der Waals surface area contributed by atoms with Crippen LogP contribution in [0.3, 0.4) is 0 Å². The molecule has 0 saturated heterocycles. The third kappa shape index (κ3) is 2.76. The zero-order valence-electron chi connectivity index (χ0n) is 14.0. The van der Waals surface area contributed by atoms with E-state index in [9.17, 15) is 10.1 Å². The lowest BCUT2D eigenvalue weighted by molar-refractivity contribution is -0.383. The van der Waals surface area contributed by atoms with Crippen LogP contribution >= 0.6 is 0 Å². The number of nitro groups is 1. The molecule has 2 aromatic carbocycles. The van der Waals surface area contributed by atoms with Crippen molar-refractivity contribution < 1.29 is 4.92 Å². The van der Waals surface area contributed by atoms with Gasteiger partial charge in [0.15, 0.2) is 0 Å². The fourth-order valence-electron chi connectivity index (χ4n) is 2.99. The highest BCUT2D eigenvalue weighted by atomic mass is 16.6. The van der Waals surface area contributed by atoms with Crippen molar-refractivity contribution in [2.24, 2.45) is 0 Å². The molecular weight excluding hydrogens is 304 g/mol. The summed E-state index contributed by atoms with van der Waals surface area (Å²) in [5, 5.41) is 16.5. The highest BCUT2D eigenvalue weighted by Crippen LogP contribution is 2.37. The summed E-state index contributed by atoms with van der Waals surface area (Å²) >= 11 is 0. The lowest BCUT2D eigenvalue weighted by atomic mass is 10.1. The predicted molar refractivity (Wildman–Crippen MR) is 97.3 cm³/mol. The van der Waals surface area contributed by atoms with Crippen molar-refractivity contribution in [1.29, 1.82) is 0 Å². The Morgan fingerprint density at radius 1 is 1.17 bits per heavy atom. The third-order valence-electron chi connectivity index (χ3n) is 4.20. The van der Waals surface area contributed by atoms with Crippen LogP contribution in [0, 0.1) is 10.1 Å². The van der Waals surface area contributed by atoms with E-state index in [1.807, 2.05) is 44.4 Å². The summed E-state index contributed by atoms with van der Waals surface area (Å²) in [5.74, 6) is 0. The van der Waals surface area contributed by atoms with Gasteiger partial charge in [0.2, 0.25) is 0 Å². The van der Waals surface area contributed by atoms with Gasteiger partial charge < -0.3 is 5.32 Å². The number of rotatable bonds is 5. The predicted octanol–water partition coefficient (Wildman–Crippen LogP) is 4.01. The monoisotopic (exact) mass is 324 g/mol. The van der Waals surface area contributed by atoms with Crippen molar-refractivity contribution in [1.82, 2.24) is 9.88 Å². The number of nitrogens with zero attached hydrogens (tertiary/aromatic N) is 3. The van der Waals surface area contributed by atoms with E-state index < -0.39 is 0 Å². The average molecular weight is 324 g/mol. The Bertz CT molecular complexity index is 908. The second-order valence-corrected chi connectivity index (χ2v) is 5.96. The van der Waals surface area contributed by atoms with Crippen LogP contribution in [0.5, 0.6) is 0 Å². The number of non-ortho nitro benzene ring substituents is 1. The topological polar surface area (TPSA) is 71.3 Å². The van der Waals surface area contributed by atoms with Crippen molar-refractivity contribution in [2.75, 3.05) is 19.4 Å². The molecule has 124 valence electrons. The number of benzene rings is 2. The lowest BCUT2D eigenvalue weighted by Crippen LogP contribution is -2.34. The number of fused-ring (bicyclic) bond motifs is 2. The Morgan fingerprint density at radius 2 is 1.88 bits per heavy atom. The Labute approximate surface area is 140 Å². The molecule has 0 aliphatic carbocycles. The minimum atomic E-state index is -0.347. The van der Waals surface area contributed by atoms with Crippen LogP contribution < -0.4 is 5.32 Å². The second kappa shape index (κ2) is 6.41. The molecule has 0 saturated carbocycles. The Morgan fingerprint density at radius 3 is 2.54 bits per heavy atom. The van der Waals surface area contributed by atoms with Gasteiger partial charge in [-0.2, -0.15) is 0 Å². The second-order valence-electron chi connectivity index (χ2n) is 5.96. The maximum Gasteiger partial charge on any atom is 0.280 e. The summed E-state index contributed by atoms with van der Waals surface area (Å²) in [5.41, 5.74) is 2.28. The fraction of sp³-hybridized carbons (Fsp3) is 0.278. The first-order chi connectivity index (χ1) is 11.5. The molecule has 0 bridgehead atoms. The van der Waals surface area contributed by atoms with Gasteiger partial charge in [-0.25, -0.2) is 4.98 Å². The molecule has 1 atom stereocenters. The van der Waals surface area contributed by atoms with E-state index in [0.29, 0.717) is 10.9 Å². The van der Waals surface area contributed by atoms with Crippen molar-refractivity contribution in [3.05, 3.63) is 52.6 Å². The molecule has 24 heavy (non-hydrogen) atoms. The molecule has 6 heteroatoms. The van der Waals surface area contributed by atoms with E-state index >= 15 is 0 Å². The van der Waals surface area contributed by atoms with E-state index in [2.05, 4.69) is 22.1 Å². The van der Waals surface area contributed by atoms with Crippen LogP contribution in [-0.4, -0.2) is 35.1 Å². The Hall–Kier alpha value is -2.73. The van der Waals surface area contributed by atoms with Crippen LogP contribution in [0.4, 0.5) is 11.4 Å². The molecule has 1 heterocycles. The summed E-state index contributed by atoms with van der Waals surface area (Å²) < 4.78 is 0. The van der Waals surface area contributed by atoms with Crippen LogP contribution in [0.2, 0.25) is 0 Å². The summed E-state index contributed by atoms with van der Waals surface area (Å²) in [6.07, 6.45) is 0.935. The standard InChI is InChI=1S/C18H20N4O2/c1-4-16(21(2)3)20-18-12-8-5-6-9-13(12)19-14-10-7-11-15(17(14)18)22(23)24/h5-11,16H,4H2,1-3H3,(H,19,20). The fourth-order valence-corrected chi connectivity index (χ4v) is 2.99. The summed E-state index contributed by atoms with van der Waals surface area (Å²) in [6.45, 7) is 2.08. The van der Waals surface area contributed by atoms with E-state index in [-0.39, 0.29) is 16.8 Å². The van der Waals surface area contributed by atoms with Crippen molar-refractivity contribution in [3.63, 3.8) is 0 Å². The molecule has 1 N–H and O–H groups in total. The SMILES string of the molecule is CCC(Nc1c2ccccc2nc2cccc([N+](=O)[O-])c12)N(C)C. The third-order valence-corrected chi connectivity index (χ3v) is 4.20. The van der Waals surface area contributed by atoms with Crippen molar-refractivity contribution >= 4 is 33.2 Å². The summed E-state index contributed by atoms with van der Waals surface area (Å²) in [7, 11) is 3.97. The number of hydrogen-bond acceptors (Lipinski definition) is 5. The number of aromatic nitrogens is 1.